The van der Waals surface area contributed by atoms with Crippen molar-refractivity contribution >= 4 is 27.0 Å². The number of nitrogens with zero attached hydrogens (tertiary/aromatic N) is 2. The van der Waals surface area contributed by atoms with Gasteiger partial charge in [-0.3, -0.25) is 0 Å². The summed E-state index contributed by atoms with van der Waals surface area (Å²) in [5.41, 5.74) is 1.32. The van der Waals surface area contributed by atoms with Crippen LogP contribution in [0.1, 0.15) is 76.7 Å². The zero-order chi connectivity index (χ0) is 21.6. The molecule has 0 amide bonds. The predicted octanol–water partition coefficient (Wildman–Crippen LogP) is 6.02. The lowest BCUT2D eigenvalue weighted by molar-refractivity contribution is -0.903. The molecule has 0 atom stereocenters. The Labute approximate surface area is 197 Å². The van der Waals surface area contributed by atoms with Crippen molar-refractivity contribution in [1.29, 1.82) is 0 Å². The van der Waals surface area contributed by atoms with Crippen molar-refractivity contribution in [3.63, 3.8) is 0 Å². The number of rotatable bonds is 17. The Morgan fingerprint density at radius 2 is 1.37 bits per heavy atom. The first-order chi connectivity index (χ1) is 13.8. The fraction of sp³-hybridized carbons (Fsp3) is 0.750. The maximum atomic E-state index is 12.5. The minimum atomic E-state index is -3.12. The van der Waals surface area contributed by atoms with Crippen LogP contribution in [0.15, 0.2) is 30.3 Å². The second-order valence-electron chi connectivity index (χ2n) is 9.12. The smallest absolute Gasteiger partial charge is 0.213 e. The summed E-state index contributed by atoms with van der Waals surface area (Å²) in [6.45, 7) is 4.78. The number of sulfonamides is 1. The van der Waals surface area contributed by atoms with Crippen LogP contribution in [-0.2, 0) is 16.6 Å². The van der Waals surface area contributed by atoms with Crippen LogP contribution in [0.5, 0.6) is 0 Å². The van der Waals surface area contributed by atoms with Crippen LogP contribution in [0.3, 0.4) is 0 Å². The zero-order valence-electron chi connectivity index (χ0n) is 19.8. The van der Waals surface area contributed by atoms with E-state index in [9.17, 15) is 8.42 Å². The molecule has 176 valence electrons. The van der Waals surface area contributed by atoms with Gasteiger partial charge in [0.25, 0.3) is 0 Å². The summed E-state index contributed by atoms with van der Waals surface area (Å²) >= 11 is 0. The van der Waals surface area contributed by atoms with E-state index in [4.69, 9.17) is 0 Å². The van der Waals surface area contributed by atoms with Gasteiger partial charge in [0.05, 0.1) is 26.4 Å². The highest BCUT2D eigenvalue weighted by Crippen LogP contribution is 2.13. The van der Waals surface area contributed by atoms with Gasteiger partial charge in [-0.05, 0) is 6.42 Å². The number of hydrogen-bond acceptors (Lipinski definition) is 2. The van der Waals surface area contributed by atoms with Crippen LogP contribution in [-0.4, -0.2) is 57.2 Å². The molecule has 0 heterocycles. The molecule has 0 aromatic heterocycles. The lowest BCUT2D eigenvalue weighted by Crippen LogP contribution is -2.41. The molecule has 0 bridgehead atoms. The first kappa shape index (κ1) is 29.6. The predicted molar refractivity (Wildman–Crippen MR) is 136 cm³/mol. The Kier molecular flexibility index (Phi) is 16.0. The highest BCUT2D eigenvalue weighted by molar-refractivity contribution is 8.93. The van der Waals surface area contributed by atoms with Crippen molar-refractivity contribution in [2.24, 2.45) is 0 Å². The van der Waals surface area contributed by atoms with E-state index in [1.807, 2.05) is 6.07 Å². The third-order valence-corrected chi connectivity index (χ3v) is 7.61. The van der Waals surface area contributed by atoms with E-state index in [0.717, 1.165) is 43.3 Å². The van der Waals surface area contributed by atoms with Gasteiger partial charge in [-0.15, -0.1) is 17.0 Å². The third-order valence-electron chi connectivity index (χ3n) is 5.67. The standard InChI is InChI=1S/C24H45N2O2S.BrH/c1-5-6-7-8-9-10-11-12-16-22-29(27,28)25(2)20-17-21-26(3,4)23-24-18-14-13-15-19-24;/h13-15,18-19H,5-12,16-17,20-23H2,1-4H3;1H/q+1;. The molecule has 30 heavy (non-hydrogen) atoms. The molecule has 1 rings (SSSR count). The van der Waals surface area contributed by atoms with Crippen molar-refractivity contribution in [3.05, 3.63) is 35.9 Å². The van der Waals surface area contributed by atoms with E-state index in [1.54, 1.807) is 11.4 Å². The highest BCUT2D eigenvalue weighted by Gasteiger charge is 2.20. The Morgan fingerprint density at radius 1 is 0.833 bits per heavy atom. The number of benzene rings is 1. The minimum Gasteiger partial charge on any atom is -0.325 e. The van der Waals surface area contributed by atoms with Crippen molar-refractivity contribution in [2.45, 2.75) is 77.7 Å². The number of unbranched alkanes of at least 4 members (excludes halogenated alkanes) is 8. The van der Waals surface area contributed by atoms with Crippen LogP contribution in [0.2, 0.25) is 0 Å². The molecule has 0 saturated carbocycles. The minimum absolute atomic E-state index is 0. The van der Waals surface area contributed by atoms with Crippen LogP contribution in [0, 0.1) is 0 Å². The van der Waals surface area contributed by atoms with E-state index in [2.05, 4.69) is 45.3 Å². The molecule has 0 aliphatic rings. The van der Waals surface area contributed by atoms with E-state index >= 15 is 0 Å². The molecule has 1 aromatic carbocycles. The van der Waals surface area contributed by atoms with Gasteiger partial charge in [-0.1, -0.05) is 88.6 Å². The maximum absolute atomic E-state index is 12.5. The summed E-state index contributed by atoms with van der Waals surface area (Å²) in [5.74, 6) is 0.293. The summed E-state index contributed by atoms with van der Waals surface area (Å²) in [4.78, 5) is 0. The van der Waals surface area contributed by atoms with Crippen molar-refractivity contribution in [2.75, 3.05) is 40.0 Å². The summed E-state index contributed by atoms with van der Waals surface area (Å²) in [7, 11) is 3.05. The van der Waals surface area contributed by atoms with E-state index in [-0.39, 0.29) is 17.0 Å². The Balaban J connectivity index is 0.00000841. The first-order valence-corrected chi connectivity index (χ1v) is 13.2. The number of halogens is 1. The molecular formula is C24H46BrN2O2S+. The van der Waals surface area contributed by atoms with Crippen LogP contribution in [0.25, 0.3) is 0 Å². The monoisotopic (exact) mass is 505 g/mol. The molecule has 0 unspecified atom stereocenters. The van der Waals surface area contributed by atoms with Gasteiger partial charge in [0.2, 0.25) is 10.0 Å². The fourth-order valence-electron chi connectivity index (χ4n) is 3.77. The molecule has 0 N–H and O–H groups in total. The van der Waals surface area contributed by atoms with E-state index in [0.29, 0.717) is 12.3 Å². The molecule has 0 fully saturated rings. The maximum Gasteiger partial charge on any atom is 0.213 e. The van der Waals surface area contributed by atoms with E-state index in [1.165, 1.54) is 44.1 Å². The SMILES string of the molecule is Br.CCCCCCCCCCCS(=O)(=O)N(C)CCC[N+](C)(C)Cc1ccccc1. The number of quaternary nitrogens is 1. The highest BCUT2D eigenvalue weighted by atomic mass is 79.9. The quantitative estimate of drug-likeness (QED) is 0.191. The molecule has 0 radical (unpaired) electrons. The largest absolute Gasteiger partial charge is 0.325 e. The molecule has 1 aromatic rings. The van der Waals surface area contributed by atoms with Gasteiger partial charge in [-0.25, -0.2) is 12.7 Å². The summed E-state index contributed by atoms with van der Waals surface area (Å²) < 4.78 is 27.5. The van der Waals surface area contributed by atoms with Crippen molar-refractivity contribution in [1.82, 2.24) is 4.31 Å². The Bertz CT molecular complexity index is 636. The van der Waals surface area contributed by atoms with Crippen LogP contribution < -0.4 is 0 Å². The molecule has 0 aliphatic carbocycles. The van der Waals surface area contributed by atoms with Gasteiger partial charge in [0.1, 0.15) is 6.54 Å². The molecule has 0 spiro atoms. The second-order valence-corrected chi connectivity index (χ2v) is 11.3. The van der Waals surface area contributed by atoms with Gasteiger partial charge in [0, 0.05) is 25.6 Å². The second kappa shape index (κ2) is 16.2. The van der Waals surface area contributed by atoms with Gasteiger partial charge >= 0.3 is 0 Å². The molecule has 0 aliphatic heterocycles. The summed E-state index contributed by atoms with van der Waals surface area (Å²) in [6.07, 6.45) is 11.7. The zero-order valence-corrected chi connectivity index (χ0v) is 22.3. The third kappa shape index (κ3) is 13.8. The first-order valence-electron chi connectivity index (χ1n) is 11.6. The Hall–Kier alpha value is -0.430. The van der Waals surface area contributed by atoms with Crippen LogP contribution in [0.4, 0.5) is 0 Å². The lowest BCUT2D eigenvalue weighted by atomic mass is 10.1. The average Bonchev–Trinajstić information content (AvgIpc) is 2.66. The van der Waals surface area contributed by atoms with Crippen molar-refractivity contribution in [3.8, 4) is 0 Å². The van der Waals surface area contributed by atoms with Gasteiger partial charge in [0.15, 0.2) is 0 Å². The average molecular weight is 507 g/mol. The van der Waals surface area contributed by atoms with Crippen LogP contribution >= 0.6 is 17.0 Å². The summed E-state index contributed by atoms with van der Waals surface area (Å²) in [5, 5.41) is 0. The van der Waals surface area contributed by atoms with Crippen molar-refractivity contribution < 1.29 is 12.9 Å². The molecule has 0 saturated heterocycles. The Morgan fingerprint density at radius 3 is 1.93 bits per heavy atom. The normalized spacial score (nSPS) is 12.2. The molecular weight excluding hydrogens is 460 g/mol. The lowest BCUT2D eigenvalue weighted by Gasteiger charge is -2.30. The van der Waals surface area contributed by atoms with Gasteiger partial charge in [-0.2, -0.15) is 0 Å². The summed E-state index contributed by atoms with van der Waals surface area (Å²) in [6, 6.07) is 10.5. The fourth-order valence-corrected chi connectivity index (χ4v) is 5.06. The van der Waals surface area contributed by atoms with E-state index < -0.39 is 10.0 Å². The van der Waals surface area contributed by atoms with Gasteiger partial charge < -0.3 is 4.48 Å². The number of hydrogen-bond donors (Lipinski definition) is 0. The topological polar surface area (TPSA) is 37.4 Å². The molecule has 6 heteroatoms. The molecule has 4 nitrogen and oxygen atoms in total.